The number of carbonyl (C=O) groups is 1. The molecule has 1 aliphatic heterocycles. The highest BCUT2D eigenvalue weighted by Crippen LogP contribution is 2.27. The van der Waals surface area contributed by atoms with E-state index >= 15 is 0 Å². The molecule has 0 spiro atoms. The number of aromatic nitrogens is 1. The zero-order valence-electron chi connectivity index (χ0n) is 23.8. The summed E-state index contributed by atoms with van der Waals surface area (Å²) < 4.78 is 28.7. The molecular formula is C31H34ClN7O3S. The summed E-state index contributed by atoms with van der Waals surface area (Å²) in [6.07, 6.45) is 3.87. The molecule has 4 N–H and O–H groups in total. The third-order valence-corrected chi connectivity index (χ3v) is 8.90. The number of nitrogens with one attached hydrogen (secondary N) is 4. The number of amides is 2. The Morgan fingerprint density at radius 2 is 1.70 bits per heavy atom. The van der Waals surface area contributed by atoms with Crippen LogP contribution in [0.15, 0.2) is 83.9 Å². The standard InChI is InChI=1S/C31H34ClN7O3S/c1-2-3-15-38-16-18-39(19-17-38)30(33)22-5-4-6-25(20-22)36-31(40)35-24-8-10-26(11-9-24)43(41,42)37-28-13-14-34-29-21-23(32)7-12-27(28)29/h4-14,20-21,33H,2-3,15-19H2,1H3,(H,34,37)(H2,35,36,40). The van der Waals surface area contributed by atoms with E-state index in [9.17, 15) is 13.2 Å². The molecule has 224 valence electrons. The van der Waals surface area contributed by atoms with E-state index in [2.05, 4.69) is 37.1 Å². The lowest BCUT2D eigenvalue weighted by atomic mass is 10.1. The monoisotopic (exact) mass is 619 g/mol. The van der Waals surface area contributed by atoms with E-state index in [0.717, 1.165) is 38.3 Å². The highest BCUT2D eigenvalue weighted by atomic mass is 35.5. The van der Waals surface area contributed by atoms with Crippen molar-refractivity contribution in [2.45, 2.75) is 24.7 Å². The van der Waals surface area contributed by atoms with Gasteiger partial charge in [0.2, 0.25) is 0 Å². The van der Waals surface area contributed by atoms with E-state index < -0.39 is 16.1 Å². The third kappa shape index (κ3) is 7.61. The van der Waals surface area contributed by atoms with E-state index in [0.29, 0.717) is 38.8 Å². The molecule has 3 aromatic carbocycles. The molecule has 43 heavy (non-hydrogen) atoms. The first-order valence-corrected chi connectivity index (χ1v) is 16.0. The SMILES string of the molecule is CCCCN1CCN(C(=N)c2cccc(NC(=O)Nc3ccc(S(=O)(=O)Nc4ccnc5cc(Cl)ccc45)cc3)c2)CC1. The lowest BCUT2D eigenvalue weighted by Gasteiger charge is -2.36. The molecule has 10 nitrogen and oxygen atoms in total. The van der Waals surface area contributed by atoms with Gasteiger partial charge in [-0.1, -0.05) is 37.1 Å². The number of pyridine rings is 1. The molecule has 1 fully saturated rings. The van der Waals surface area contributed by atoms with Gasteiger partial charge in [-0.15, -0.1) is 0 Å². The Labute approximate surface area is 256 Å². The molecule has 1 saturated heterocycles. The van der Waals surface area contributed by atoms with Gasteiger partial charge in [0, 0.05) is 59.7 Å². The van der Waals surface area contributed by atoms with Crippen LogP contribution in [0.25, 0.3) is 10.9 Å². The molecule has 1 aromatic heterocycles. The summed E-state index contributed by atoms with van der Waals surface area (Å²) in [4.78, 5) is 21.5. The quantitative estimate of drug-likeness (QED) is 0.133. The van der Waals surface area contributed by atoms with Gasteiger partial charge < -0.3 is 15.5 Å². The number of fused-ring (bicyclic) bond motifs is 1. The van der Waals surface area contributed by atoms with Gasteiger partial charge >= 0.3 is 6.03 Å². The topological polar surface area (TPSA) is 131 Å². The summed E-state index contributed by atoms with van der Waals surface area (Å²) in [6, 6.07) is 19.2. The van der Waals surface area contributed by atoms with Gasteiger partial charge in [0.1, 0.15) is 5.84 Å². The number of halogens is 1. The Kier molecular flexibility index (Phi) is 9.44. The number of unbranched alkanes of at least 4 members (excludes halogenated alkanes) is 1. The minimum Gasteiger partial charge on any atom is -0.354 e. The van der Waals surface area contributed by atoms with Crippen LogP contribution in [0.5, 0.6) is 0 Å². The number of hydrogen-bond acceptors (Lipinski definition) is 6. The van der Waals surface area contributed by atoms with E-state index in [1.165, 1.54) is 43.3 Å². The average molecular weight is 620 g/mol. The number of nitrogens with zero attached hydrogens (tertiary/aromatic N) is 3. The van der Waals surface area contributed by atoms with Crippen LogP contribution >= 0.6 is 11.6 Å². The Morgan fingerprint density at radius 3 is 2.44 bits per heavy atom. The second-order valence-corrected chi connectivity index (χ2v) is 12.5. The molecule has 0 aliphatic carbocycles. The fourth-order valence-corrected chi connectivity index (χ4v) is 6.17. The Hall–Kier alpha value is -4.19. The van der Waals surface area contributed by atoms with Crippen LogP contribution in [-0.4, -0.2) is 67.8 Å². The minimum absolute atomic E-state index is 0.0368. The zero-order valence-corrected chi connectivity index (χ0v) is 25.4. The maximum atomic E-state index is 13.1. The summed E-state index contributed by atoms with van der Waals surface area (Å²) >= 11 is 6.04. The lowest BCUT2D eigenvalue weighted by molar-refractivity contribution is 0.180. The summed E-state index contributed by atoms with van der Waals surface area (Å²) in [6.45, 7) is 6.77. The van der Waals surface area contributed by atoms with Crippen LogP contribution in [0.2, 0.25) is 5.02 Å². The fourth-order valence-electron chi connectivity index (χ4n) is 4.93. The Bertz CT molecular complexity index is 1720. The van der Waals surface area contributed by atoms with E-state index in [1.807, 2.05) is 12.1 Å². The van der Waals surface area contributed by atoms with Gasteiger partial charge in [-0.3, -0.25) is 20.0 Å². The van der Waals surface area contributed by atoms with Gasteiger partial charge in [-0.05, 0) is 73.6 Å². The smallest absolute Gasteiger partial charge is 0.323 e. The van der Waals surface area contributed by atoms with Gasteiger partial charge in [-0.25, -0.2) is 13.2 Å². The summed E-state index contributed by atoms with van der Waals surface area (Å²) in [5.74, 6) is 0.438. The zero-order chi connectivity index (χ0) is 30.4. The van der Waals surface area contributed by atoms with Crippen molar-refractivity contribution in [3.05, 3.63) is 89.6 Å². The molecule has 1 aliphatic rings. The van der Waals surface area contributed by atoms with Gasteiger partial charge in [-0.2, -0.15) is 0 Å². The average Bonchev–Trinajstić information content (AvgIpc) is 3.00. The van der Waals surface area contributed by atoms with Crippen molar-refractivity contribution in [2.75, 3.05) is 48.1 Å². The fraction of sp³-hybridized carbons (Fsp3) is 0.258. The van der Waals surface area contributed by atoms with Crippen molar-refractivity contribution in [3.63, 3.8) is 0 Å². The number of hydrogen-bond donors (Lipinski definition) is 4. The maximum Gasteiger partial charge on any atom is 0.323 e. The molecule has 2 amide bonds. The third-order valence-electron chi connectivity index (χ3n) is 7.28. The molecule has 0 radical (unpaired) electrons. The van der Waals surface area contributed by atoms with E-state index in [4.69, 9.17) is 17.0 Å². The molecule has 0 bridgehead atoms. The largest absolute Gasteiger partial charge is 0.354 e. The molecule has 12 heteroatoms. The first-order chi connectivity index (χ1) is 20.7. The van der Waals surface area contributed by atoms with Crippen LogP contribution in [0, 0.1) is 5.41 Å². The van der Waals surface area contributed by atoms with Crippen molar-refractivity contribution in [1.82, 2.24) is 14.8 Å². The van der Waals surface area contributed by atoms with Gasteiger partial charge in [0.15, 0.2) is 0 Å². The number of sulfonamides is 1. The van der Waals surface area contributed by atoms with Crippen LogP contribution in [0.3, 0.4) is 0 Å². The molecular weight excluding hydrogens is 586 g/mol. The maximum absolute atomic E-state index is 13.1. The summed E-state index contributed by atoms with van der Waals surface area (Å²) in [5, 5.41) is 15.3. The highest BCUT2D eigenvalue weighted by Gasteiger charge is 2.20. The van der Waals surface area contributed by atoms with Crippen molar-refractivity contribution < 1.29 is 13.2 Å². The number of piperazine rings is 1. The predicted octanol–water partition coefficient (Wildman–Crippen LogP) is 6.08. The Morgan fingerprint density at radius 1 is 0.953 bits per heavy atom. The number of anilines is 3. The van der Waals surface area contributed by atoms with Crippen molar-refractivity contribution in [3.8, 4) is 0 Å². The molecule has 5 rings (SSSR count). The van der Waals surface area contributed by atoms with Crippen LogP contribution < -0.4 is 15.4 Å². The predicted molar refractivity (Wildman–Crippen MR) is 173 cm³/mol. The van der Waals surface area contributed by atoms with Gasteiger partial charge in [0.05, 0.1) is 16.1 Å². The van der Waals surface area contributed by atoms with Crippen LogP contribution in [0.1, 0.15) is 25.3 Å². The van der Waals surface area contributed by atoms with Crippen molar-refractivity contribution >= 4 is 61.5 Å². The second-order valence-electron chi connectivity index (χ2n) is 10.3. The number of benzene rings is 3. The number of rotatable bonds is 9. The first-order valence-electron chi connectivity index (χ1n) is 14.1. The number of carbonyl (C=O) groups excluding carboxylic acids is 1. The van der Waals surface area contributed by atoms with E-state index in [1.54, 1.807) is 36.4 Å². The first kappa shape index (κ1) is 30.3. The summed E-state index contributed by atoms with van der Waals surface area (Å²) in [7, 11) is -3.90. The Balaban J connectivity index is 1.18. The van der Waals surface area contributed by atoms with E-state index in [-0.39, 0.29) is 4.90 Å². The number of amidine groups is 1. The van der Waals surface area contributed by atoms with Crippen LogP contribution in [-0.2, 0) is 10.0 Å². The minimum atomic E-state index is -3.90. The van der Waals surface area contributed by atoms with Crippen molar-refractivity contribution in [2.24, 2.45) is 0 Å². The normalized spacial score (nSPS) is 14.0. The number of urea groups is 1. The molecule has 0 unspecified atom stereocenters. The van der Waals surface area contributed by atoms with Crippen molar-refractivity contribution in [1.29, 1.82) is 5.41 Å². The summed E-state index contributed by atoms with van der Waals surface area (Å²) in [5.41, 5.74) is 2.65. The molecule has 0 atom stereocenters. The lowest BCUT2D eigenvalue weighted by Crippen LogP contribution is -2.48. The second kappa shape index (κ2) is 13.4. The van der Waals surface area contributed by atoms with Crippen LogP contribution in [0.4, 0.5) is 21.9 Å². The molecule has 0 saturated carbocycles. The van der Waals surface area contributed by atoms with Gasteiger partial charge in [0.25, 0.3) is 10.0 Å². The molecule has 4 aromatic rings. The highest BCUT2D eigenvalue weighted by molar-refractivity contribution is 7.92. The molecule has 2 heterocycles.